The van der Waals surface area contributed by atoms with Crippen molar-refractivity contribution in [2.24, 2.45) is 5.73 Å². The standard InChI is InChI=1S/C13H18FNO2S2/c1-13(2,11(15)12(16)17)19-8-7-18-10-5-3-9(14)4-6-10/h3-6,11H,7-8,15H2,1-2H3,(H,16,17)/t11-/m1/s1. The van der Waals surface area contributed by atoms with Crippen molar-refractivity contribution in [2.75, 3.05) is 11.5 Å². The highest BCUT2D eigenvalue weighted by molar-refractivity contribution is 8.03. The third-order valence-electron chi connectivity index (χ3n) is 2.65. The fourth-order valence-corrected chi connectivity index (χ4v) is 3.42. The second-order valence-electron chi connectivity index (χ2n) is 4.57. The summed E-state index contributed by atoms with van der Waals surface area (Å²) in [4.78, 5) is 11.9. The van der Waals surface area contributed by atoms with Crippen molar-refractivity contribution >= 4 is 29.5 Å². The number of benzene rings is 1. The molecule has 0 bridgehead atoms. The molecular formula is C13H18FNO2S2. The van der Waals surface area contributed by atoms with E-state index in [0.717, 1.165) is 16.4 Å². The van der Waals surface area contributed by atoms with Gasteiger partial charge in [-0.3, -0.25) is 4.79 Å². The van der Waals surface area contributed by atoms with Crippen LogP contribution in [0.4, 0.5) is 4.39 Å². The van der Waals surface area contributed by atoms with E-state index in [1.54, 1.807) is 23.9 Å². The Morgan fingerprint density at radius 2 is 1.95 bits per heavy atom. The fraction of sp³-hybridized carbons (Fsp3) is 0.462. The summed E-state index contributed by atoms with van der Waals surface area (Å²) >= 11 is 3.15. The highest BCUT2D eigenvalue weighted by Gasteiger charge is 2.32. The van der Waals surface area contributed by atoms with Gasteiger partial charge in [-0.05, 0) is 38.1 Å². The quantitative estimate of drug-likeness (QED) is 0.599. The minimum absolute atomic E-state index is 0.243. The molecule has 0 saturated heterocycles. The lowest BCUT2D eigenvalue weighted by Crippen LogP contribution is -2.46. The molecule has 0 unspecified atom stereocenters. The summed E-state index contributed by atoms with van der Waals surface area (Å²) in [5, 5.41) is 8.90. The summed E-state index contributed by atoms with van der Waals surface area (Å²) in [5.74, 6) is 0.387. The van der Waals surface area contributed by atoms with Crippen LogP contribution < -0.4 is 5.73 Å². The van der Waals surface area contributed by atoms with Crippen molar-refractivity contribution in [1.29, 1.82) is 0 Å². The van der Waals surface area contributed by atoms with Gasteiger partial charge in [-0.1, -0.05) is 0 Å². The maximum absolute atomic E-state index is 12.7. The van der Waals surface area contributed by atoms with E-state index in [1.165, 1.54) is 23.9 Å². The molecule has 0 aliphatic rings. The lowest BCUT2D eigenvalue weighted by atomic mass is 10.1. The highest BCUT2D eigenvalue weighted by Crippen LogP contribution is 2.29. The van der Waals surface area contributed by atoms with Crippen molar-refractivity contribution in [3.63, 3.8) is 0 Å². The molecule has 1 aromatic carbocycles. The zero-order valence-electron chi connectivity index (χ0n) is 10.9. The van der Waals surface area contributed by atoms with Gasteiger partial charge in [-0.2, -0.15) is 11.8 Å². The molecule has 0 amide bonds. The normalized spacial score (nSPS) is 13.3. The Morgan fingerprint density at radius 1 is 1.37 bits per heavy atom. The predicted molar refractivity (Wildman–Crippen MR) is 79.3 cm³/mol. The van der Waals surface area contributed by atoms with Gasteiger partial charge in [0.15, 0.2) is 0 Å². The summed E-state index contributed by atoms with van der Waals surface area (Å²) in [5.41, 5.74) is 5.64. The van der Waals surface area contributed by atoms with Gasteiger partial charge in [0.2, 0.25) is 0 Å². The van der Waals surface area contributed by atoms with Crippen molar-refractivity contribution in [3.05, 3.63) is 30.1 Å². The third kappa shape index (κ3) is 5.42. The average molecular weight is 303 g/mol. The topological polar surface area (TPSA) is 63.3 Å². The molecule has 1 atom stereocenters. The van der Waals surface area contributed by atoms with Gasteiger partial charge in [-0.15, -0.1) is 11.8 Å². The fourth-order valence-electron chi connectivity index (χ4n) is 1.38. The van der Waals surface area contributed by atoms with E-state index in [2.05, 4.69) is 0 Å². The Labute approximate surface area is 121 Å². The minimum atomic E-state index is -0.983. The molecular weight excluding hydrogens is 285 g/mol. The van der Waals surface area contributed by atoms with E-state index in [1.807, 2.05) is 13.8 Å². The molecule has 19 heavy (non-hydrogen) atoms. The zero-order chi connectivity index (χ0) is 14.5. The van der Waals surface area contributed by atoms with Gasteiger partial charge in [-0.25, -0.2) is 4.39 Å². The molecule has 0 fully saturated rings. The first-order valence-corrected chi connectivity index (χ1v) is 7.81. The Morgan fingerprint density at radius 3 is 2.47 bits per heavy atom. The van der Waals surface area contributed by atoms with E-state index in [4.69, 9.17) is 10.8 Å². The molecule has 106 valence electrons. The summed E-state index contributed by atoms with van der Waals surface area (Å²) in [6, 6.07) is 5.45. The second kappa shape index (κ2) is 7.17. The van der Waals surface area contributed by atoms with E-state index in [-0.39, 0.29) is 5.82 Å². The zero-order valence-corrected chi connectivity index (χ0v) is 12.6. The predicted octanol–water partition coefficient (Wildman–Crippen LogP) is 2.84. The molecule has 0 spiro atoms. The summed E-state index contributed by atoms with van der Waals surface area (Å²) < 4.78 is 12.2. The first kappa shape index (κ1) is 16.3. The molecule has 3 N–H and O–H groups in total. The third-order valence-corrected chi connectivity index (χ3v) is 5.33. The van der Waals surface area contributed by atoms with Crippen LogP contribution in [0.2, 0.25) is 0 Å². The highest BCUT2D eigenvalue weighted by atomic mass is 32.2. The summed E-state index contributed by atoms with van der Waals surface area (Å²) in [6.45, 7) is 3.66. The molecule has 1 rings (SSSR count). The Bertz CT molecular complexity index is 423. The second-order valence-corrected chi connectivity index (χ2v) is 7.49. The van der Waals surface area contributed by atoms with Gasteiger partial charge < -0.3 is 10.8 Å². The molecule has 1 aromatic rings. The SMILES string of the molecule is CC(C)(SCCSc1ccc(F)cc1)[C@H](N)C(=O)O. The van der Waals surface area contributed by atoms with Gasteiger partial charge >= 0.3 is 5.97 Å². The Hall–Kier alpha value is -0.720. The van der Waals surface area contributed by atoms with Crippen LogP contribution in [-0.4, -0.2) is 33.4 Å². The number of thioether (sulfide) groups is 2. The van der Waals surface area contributed by atoms with Crippen LogP contribution in [0.15, 0.2) is 29.2 Å². The van der Waals surface area contributed by atoms with Crippen LogP contribution in [0, 0.1) is 5.82 Å². The van der Waals surface area contributed by atoms with Crippen LogP contribution in [0.3, 0.4) is 0 Å². The van der Waals surface area contributed by atoms with Gasteiger partial charge in [0, 0.05) is 21.1 Å². The largest absolute Gasteiger partial charge is 0.480 e. The van der Waals surface area contributed by atoms with Crippen molar-refractivity contribution in [3.8, 4) is 0 Å². The molecule has 0 aromatic heterocycles. The lowest BCUT2D eigenvalue weighted by Gasteiger charge is -2.27. The number of carboxylic acid groups (broad SMARTS) is 1. The first-order valence-electron chi connectivity index (χ1n) is 5.83. The Balaban J connectivity index is 2.34. The first-order chi connectivity index (χ1) is 8.83. The summed E-state index contributed by atoms with van der Waals surface area (Å²) in [6.07, 6.45) is 0. The van der Waals surface area contributed by atoms with Crippen molar-refractivity contribution in [1.82, 2.24) is 0 Å². The lowest BCUT2D eigenvalue weighted by molar-refractivity contribution is -0.139. The number of aliphatic carboxylic acids is 1. The van der Waals surface area contributed by atoms with Gasteiger partial charge in [0.1, 0.15) is 11.9 Å². The maximum atomic E-state index is 12.7. The number of rotatable bonds is 7. The van der Waals surface area contributed by atoms with Crippen LogP contribution in [0.1, 0.15) is 13.8 Å². The van der Waals surface area contributed by atoms with E-state index in [0.29, 0.717) is 0 Å². The van der Waals surface area contributed by atoms with E-state index in [9.17, 15) is 9.18 Å². The summed E-state index contributed by atoms with van der Waals surface area (Å²) in [7, 11) is 0. The van der Waals surface area contributed by atoms with E-state index >= 15 is 0 Å². The number of nitrogens with two attached hydrogens (primary N) is 1. The van der Waals surface area contributed by atoms with Crippen LogP contribution >= 0.6 is 23.5 Å². The average Bonchev–Trinajstić information content (AvgIpc) is 2.35. The van der Waals surface area contributed by atoms with Crippen molar-refractivity contribution < 1.29 is 14.3 Å². The molecule has 0 saturated carbocycles. The number of hydrogen-bond donors (Lipinski definition) is 2. The molecule has 0 aliphatic heterocycles. The number of carbonyl (C=O) groups is 1. The maximum Gasteiger partial charge on any atom is 0.321 e. The smallest absolute Gasteiger partial charge is 0.321 e. The molecule has 6 heteroatoms. The monoisotopic (exact) mass is 303 g/mol. The number of carboxylic acids is 1. The van der Waals surface area contributed by atoms with Crippen molar-refractivity contribution in [2.45, 2.75) is 29.5 Å². The van der Waals surface area contributed by atoms with Crippen LogP contribution in [-0.2, 0) is 4.79 Å². The van der Waals surface area contributed by atoms with E-state index < -0.39 is 16.8 Å². The van der Waals surface area contributed by atoms with Gasteiger partial charge in [0.25, 0.3) is 0 Å². The van der Waals surface area contributed by atoms with Crippen LogP contribution in [0.5, 0.6) is 0 Å². The molecule has 0 heterocycles. The molecule has 0 aliphatic carbocycles. The number of hydrogen-bond acceptors (Lipinski definition) is 4. The number of halogens is 1. The minimum Gasteiger partial charge on any atom is -0.480 e. The molecule has 0 radical (unpaired) electrons. The van der Waals surface area contributed by atoms with Gasteiger partial charge in [0.05, 0.1) is 0 Å². The Kier molecular flexibility index (Phi) is 6.16. The van der Waals surface area contributed by atoms with Crippen LogP contribution in [0.25, 0.3) is 0 Å². The molecule has 3 nitrogen and oxygen atoms in total.